The molecule has 1 aliphatic carbocycles. The number of nitrogens with one attached hydrogen (secondary N) is 1. The average molecular weight is 357 g/mol. The van der Waals surface area contributed by atoms with Gasteiger partial charge in [0.1, 0.15) is 0 Å². The van der Waals surface area contributed by atoms with Crippen LogP contribution in [0.4, 0.5) is 0 Å². The summed E-state index contributed by atoms with van der Waals surface area (Å²) < 4.78 is 0. The van der Waals surface area contributed by atoms with Crippen molar-refractivity contribution in [1.29, 1.82) is 0 Å². The van der Waals surface area contributed by atoms with Crippen molar-refractivity contribution in [3.8, 4) is 0 Å². The summed E-state index contributed by atoms with van der Waals surface area (Å²) in [5, 5.41) is 3.13. The number of rotatable bonds is 5. The zero-order chi connectivity index (χ0) is 18.7. The summed E-state index contributed by atoms with van der Waals surface area (Å²) in [6.45, 7) is 9.61. The van der Waals surface area contributed by atoms with E-state index in [1.165, 1.54) is 11.1 Å². The molecule has 1 N–H and O–H groups in total. The lowest BCUT2D eigenvalue weighted by atomic mass is 9.73. The zero-order valence-corrected chi connectivity index (χ0v) is 16.3. The first-order valence-corrected chi connectivity index (χ1v) is 9.85. The number of hydrogen-bond acceptors (Lipinski definition) is 3. The molecule has 3 rings (SSSR count). The van der Waals surface area contributed by atoms with Crippen molar-refractivity contribution in [3.63, 3.8) is 0 Å². The van der Waals surface area contributed by atoms with Crippen LogP contribution in [0, 0.1) is 0 Å². The molecule has 0 saturated carbocycles. The van der Waals surface area contributed by atoms with Crippen molar-refractivity contribution in [2.45, 2.75) is 51.5 Å². The molecule has 1 aromatic rings. The second kappa shape index (κ2) is 7.78. The Balaban J connectivity index is 1.68. The topological polar surface area (TPSA) is 52.7 Å². The molecule has 0 radical (unpaired) electrons. The van der Waals surface area contributed by atoms with Crippen LogP contribution < -0.4 is 5.32 Å². The molecule has 26 heavy (non-hydrogen) atoms. The minimum absolute atomic E-state index is 0.0316. The van der Waals surface area contributed by atoms with E-state index in [2.05, 4.69) is 34.5 Å². The van der Waals surface area contributed by atoms with Crippen LogP contribution in [0.2, 0.25) is 0 Å². The summed E-state index contributed by atoms with van der Waals surface area (Å²) in [4.78, 5) is 28.2. The van der Waals surface area contributed by atoms with Gasteiger partial charge in [-0.15, -0.1) is 0 Å². The van der Waals surface area contributed by atoms with Crippen LogP contribution in [0.15, 0.2) is 24.3 Å². The summed E-state index contributed by atoms with van der Waals surface area (Å²) in [6.07, 6.45) is 3.07. The summed E-state index contributed by atoms with van der Waals surface area (Å²) in [6, 6.07) is 8.67. The first-order chi connectivity index (χ1) is 12.5. The van der Waals surface area contributed by atoms with E-state index in [9.17, 15) is 9.59 Å². The van der Waals surface area contributed by atoms with Crippen LogP contribution in [-0.2, 0) is 15.0 Å². The van der Waals surface area contributed by atoms with Gasteiger partial charge in [0.2, 0.25) is 11.8 Å². The first-order valence-electron chi connectivity index (χ1n) is 9.85. The standard InChI is InChI=1S/C21H31N3O2/c1-4-24(5-2)20(26)15-23-12-10-21(11-13-23)14-19(22-16(3)25)17-8-6-7-9-18(17)21/h6-9,19H,4-5,10-15H2,1-3H3,(H,22,25)/t19-/m0/s1. The van der Waals surface area contributed by atoms with Gasteiger partial charge in [0.15, 0.2) is 0 Å². The highest BCUT2D eigenvalue weighted by Crippen LogP contribution is 2.50. The largest absolute Gasteiger partial charge is 0.349 e. The minimum atomic E-state index is 0.0316. The molecule has 1 aliphatic heterocycles. The summed E-state index contributed by atoms with van der Waals surface area (Å²) >= 11 is 0. The summed E-state index contributed by atoms with van der Waals surface area (Å²) in [5.74, 6) is 0.262. The molecule has 1 aromatic carbocycles. The molecule has 1 saturated heterocycles. The van der Waals surface area contributed by atoms with E-state index >= 15 is 0 Å². The molecule has 1 fully saturated rings. The van der Waals surface area contributed by atoms with E-state index in [1.807, 2.05) is 18.7 Å². The Hall–Kier alpha value is -1.88. The van der Waals surface area contributed by atoms with E-state index in [-0.39, 0.29) is 23.3 Å². The number of carbonyl (C=O) groups excluding carboxylic acids is 2. The lowest BCUT2D eigenvalue weighted by molar-refractivity contribution is -0.132. The van der Waals surface area contributed by atoms with Gasteiger partial charge in [-0.3, -0.25) is 14.5 Å². The maximum atomic E-state index is 12.4. The monoisotopic (exact) mass is 357 g/mol. The molecule has 1 spiro atoms. The number of fused-ring (bicyclic) bond motifs is 2. The first kappa shape index (κ1) is 18.9. The Kier molecular flexibility index (Phi) is 5.66. The molecule has 0 unspecified atom stereocenters. The highest BCUT2D eigenvalue weighted by atomic mass is 16.2. The maximum absolute atomic E-state index is 12.4. The molecule has 2 amide bonds. The van der Waals surface area contributed by atoms with Gasteiger partial charge in [-0.25, -0.2) is 0 Å². The van der Waals surface area contributed by atoms with Crippen LogP contribution >= 0.6 is 0 Å². The van der Waals surface area contributed by atoms with Crippen LogP contribution in [0.3, 0.4) is 0 Å². The second-order valence-corrected chi connectivity index (χ2v) is 7.67. The Labute approximate surface area is 156 Å². The fraction of sp³-hybridized carbons (Fsp3) is 0.619. The molecular weight excluding hydrogens is 326 g/mol. The number of benzene rings is 1. The normalized spacial score (nSPS) is 21.4. The summed E-state index contributed by atoms with van der Waals surface area (Å²) in [7, 11) is 0. The third kappa shape index (κ3) is 3.63. The fourth-order valence-electron chi connectivity index (χ4n) is 4.75. The Morgan fingerprint density at radius 2 is 1.85 bits per heavy atom. The molecule has 1 heterocycles. The van der Waals surface area contributed by atoms with Crippen molar-refractivity contribution < 1.29 is 9.59 Å². The number of hydrogen-bond donors (Lipinski definition) is 1. The number of piperidine rings is 1. The van der Waals surface area contributed by atoms with Crippen LogP contribution in [0.1, 0.15) is 57.2 Å². The van der Waals surface area contributed by atoms with Gasteiger partial charge in [0, 0.05) is 25.4 Å². The molecule has 0 bridgehead atoms. The molecule has 5 heteroatoms. The Morgan fingerprint density at radius 3 is 2.46 bits per heavy atom. The van der Waals surface area contributed by atoms with E-state index in [0.717, 1.165) is 45.4 Å². The van der Waals surface area contributed by atoms with Crippen molar-refractivity contribution >= 4 is 11.8 Å². The second-order valence-electron chi connectivity index (χ2n) is 7.67. The van der Waals surface area contributed by atoms with Gasteiger partial charge in [-0.2, -0.15) is 0 Å². The smallest absolute Gasteiger partial charge is 0.236 e. The van der Waals surface area contributed by atoms with Gasteiger partial charge in [0.25, 0.3) is 0 Å². The summed E-state index contributed by atoms with van der Waals surface area (Å²) in [5.41, 5.74) is 2.81. The average Bonchev–Trinajstić information content (AvgIpc) is 2.91. The number of carbonyl (C=O) groups is 2. The third-order valence-electron chi connectivity index (χ3n) is 6.17. The number of likely N-dealkylation sites (N-methyl/N-ethyl adjacent to an activating group) is 1. The van der Waals surface area contributed by atoms with E-state index < -0.39 is 0 Å². The maximum Gasteiger partial charge on any atom is 0.236 e. The zero-order valence-electron chi connectivity index (χ0n) is 16.3. The van der Waals surface area contributed by atoms with Gasteiger partial charge in [-0.1, -0.05) is 24.3 Å². The van der Waals surface area contributed by atoms with E-state index in [1.54, 1.807) is 6.92 Å². The molecule has 2 aliphatic rings. The highest BCUT2D eigenvalue weighted by molar-refractivity contribution is 5.78. The third-order valence-corrected chi connectivity index (χ3v) is 6.17. The lowest BCUT2D eigenvalue weighted by Crippen LogP contribution is -2.47. The number of likely N-dealkylation sites (tertiary alicyclic amines) is 1. The quantitative estimate of drug-likeness (QED) is 0.881. The van der Waals surface area contributed by atoms with Crippen molar-refractivity contribution in [2.75, 3.05) is 32.7 Å². The molecule has 142 valence electrons. The van der Waals surface area contributed by atoms with Gasteiger partial charge < -0.3 is 10.2 Å². The van der Waals surface area contributed by atoms with Crippen LogP contribution in [0.25, 0.3) is 0 Å². The van der Waals surface area contributed by atoms with Crippen molar-refractivity contribution in [1.82, 2.24) is 15.1 Å². The highest BCUT2D eigenvalue weighted by Gasteiger charge is 2.45. The predicted octanol–water partition coefficient (Wildman–Crippen LogP) is 2.47. The van der Waals surface area contributed by atoms with Crippen LogP contribution in [0.5, 0.6) is 0 Å². The van der Waals surface area contributed by atoms with Gasteiger partial charge in [-0.05, 0) is 57.3 Å². The van der Waals surface area contributed by atoms with Crippen molar-refractivity contribution in [2.24, 2.45) is 0 Å². The number of nitrogens with zero attached hydrogens (tertiary/aromatic N) is 2. The SMILES string of the molecule is CCN(CC)C(=O)CN1CCC2(CC1)C[C@H](NC(C)=O)c1ccccc12. The van der Waals surface area contributed by atoms with E-state index in [0.29, 0.717) is 6.54 Å². The molecule has 1 atom stereocenters. The van der Waals surface area contributed by atoms with Gasteiger partial charge >= 0.3 is 0 Å². The Morgan fingerprint density at radius 1 is 1.19 bits per heavy atom. The molecular formula is C21H31N3O2. The molecule has 5 nitrogen and oxygen atoms in total. The van der Waals surface area contributed by atoms with E-state index in [4.69, 9.17) is 0 Å². The Bertz CT molecular complexity index is 661. The predicted molar refractivity (Wildman–Crippen MR) is 103 cm³/mol. The fourth-order valence-corrected chi connectivity index (χ4v) is 4.75. The van der Waals surface area contributed by atoms with Crippen molar-refractivity contribution in [3.05, 3.63) is 35.4 Å². The van der Waals surface area contributed by atoms with Crippen LogP contribution in [-0.4, -0.2) is 54.3 Å². The lowest BCUT2D eigenvalue weighted by Gasteiger charge is -2.40. The molecule has 0 aromatic heterocycles. The minimum Gasteiger partial charge on any atom is -0.349 e. The van der Waals surface area contributed by atoms with Gasteiger partial charge in [0.05, 0.1) is 12.6 Å². The number of amides is 2.